The Hall–Kier alpha value is -2.91. The molecule has 2 aromatic rings. The maximum Gasteiger partial charge on any atom is 0.240 e. The summed E-state index contributed by atoms with van der Waals surface area (Å²) in [5.74, 6) is -3.07. The van der Waals surface area contributed by atoms with Gasteiger partial charge in [-0.25, -0.2) is 13.2 Å². The molecule has 190 valence electrons. The van der Waals surface area contributed by atoms with Crippen molar-refractivity contribution < 1.29 is 22.8 Å². The number of halogens is 3. The van der Waals surface area contributed by atoms with Gasteiger partial charge in [-0.15, -0.1) is 0 Å². The van der Waals surface area contributed by atoms with Crippen molar-refractivity contribution in [1.29, 1.82) is 0 Å². The normalized spacial score (nSPS) is 19.3. The highest BCUT2D eigenvalue weighted by molar-refractivity contribution is 5.85. The van der Waals surface area contributed by atoms with Crippen molar-refractivity contribution in [3.8, 4) is 0 Å². The number of piperazine rings is 1. The molecular formula is C26H33F3N4O2. The lowest BCUT2D eigenvalue weighted by Crippen LogP contribution is -2.66. The predicted octanol–water partition coefficient (Wildman–Crippen LogP) is 2.77. The zero-order chi connectivity index (χ0) is 25.8. The molecule has 35 heavy (non-hydrogen) atoms. The highest BCUT2D eigenvalue weighted by atomic mass is 19.2. The van der Waals surface area contributed by atoms with Crippen LogP contribution in [0.4, 0.5) is 13.2 Å². The van der Waals surface area contributed by atoms with Crippen molar-refractivity contribution in [1.82, 2.24) is 9.80 Å². The van der Waals surface area contributed by atoms with Crippen LogP contribution in [0.15, 0.2) is 42.5 Å². The van der Waals surface area contributed by atoms with E-state index in [0.717, 1.165) is 24.1 Å². The Kier molecular flexibility index (Phi) is 8.56. The fourth-order valence-corrected chi connectivity index (χ4v) is 4.75. The van der Waals surface area contributed by atoms with Crippen LogP contribution in [0.1, 0.15) is 37.8 Å². The molecular weight excluding hydrogens is 457 g/mol. The summed E-state index contributed by atoms with van der Waals surface area (Å²) in [6.45, 7) is 4.82. The fourth-order valence-electron chi connectivity index (χ4n) is 4.75. The predicted molar refractivity (Wildman–Crippen MR) is 128 cm³/mol. The van der Waals surface area contributed by atoms with Crippen LogP contribution in [0.2, 0.25) is 0 Å². The zero-order valence-corrected chi connectivity index (χ0v) is 20.1. The Morgan fingerprint density at radius 2 is 1.71 bits per heavy atom. The van der Waals surface area contributed by atoms with Crippen LogP contribution in [-0.4, -0.2) is 58.9 Å². The highest BCUT2D eigenvalue weighted by Gasteiger charge is 2.43. The van der Waals surface area contributed by atoms with Gasteiger partial charge in [0.2, 0.25) is 11.8 Å². The van der Waals surface area contributed by atoms with Crippen molar-refractivity contribution in [3.63, 3.8) is 0 Å². The molecule has 1 saturated heterocycles. The molecule has 1 fully saturated rings. The van der Waals surface area contributed by atoms with Gasteiger partial charge in [0.25, 0.3) is 0 Å². The van der Waals surface area contributed by atoms with E-state index in [0.29, 0.717) is 31.6 Å². The summed E-state index contributed by atoms with van der Waals surface area (Å²) < 4.78 is 40.3. The van der Waals surface area contributed by atoms with E-state index in [1.807, 2.05) is 11.8 Å². The summed E-state index contributed by atoms with van der Waals surface area (Å²) >= 11 is 0. The van der Waals surface area contributed by atoms with Gasteiger partial charge in [0.15, 0.2) is 11.6 Å². The standard InChI is InChI=1S/C26H33F3N4O2/c1-3-4-20-16-32(26(2,25(31)35)15-18-7-10-21(28)22(29)13-18)11-12-33(20)24(34)23(30)14-17-5-8-19(27)9-6-17/h5-10,13,20,23H,3-4,11-12,14-16,30H2,1-2H3,(H2,31,35). The van der Waals surface area contributed by atoms with Gasteiger partial charge < -0.3 is 16.4 Å². The van der Waals surface area contributed by atoms with Crippen LogP contribution >= 0.6 is 0 Å². The molecule has 0 saturated carbocycles. The summed E-state index contributed by atoms with van der Waals surface area (Å²) in [6, 6.07) is 8.48. The van der Waals surface area contributed by atoms with Gasteiger partial charge in [-0.1, -0.05) is 31.5 Å². The molecule has 0 spiro atoms. The number of carbonyl (C=O) groups excluding carboxylic acids is 2. The Bertz CT molecular complexity index is 1050. The fraction of sp³-hybridized carbons (Fsp3) is 0.462. The molecule has 6 nitrogen and oxygen atoms in total. The van der Waals surface area contributed by atoms with E-state index in [2.05, 4.69) is 0 Å². The largest absolute Gasteiger partial charge is 0.368 e. The molecule has 3 rings (SSSR count). The topological polar surface area (TPSA) is 92.7 Å². The van der Waals surface area contributed by atoms with E-state index in [4.69, 9.17) is 11.5 Å². The van der Waals surface area contributed by atoms with E-state index in [-0.39, 0.29) is 30.6 Å². The third-order valence-corrected chi connectivity index (χ3v) is 6.83. The van der Waals surface area contributed by atoms with Gasteiger partial charge in [0, 0.05) is 25.7 Å². The van der Waals surface area contributed by atoms with Crippen molar-refractivity contribution >= 4 is 11.8 Å². The second-order valence-corrected chi connectivity index (χ2v) is 9.42. The molecule has 2 amide bonds. The number of amides is 2. The summed E-state index contributed by atoms with van der Waals surface area (Å²) in [7, 11) is 0. The monoisotopic (exact) mass is 490 g/mol. The van der Waals surface area contributed by atoms with Crippen LogP contribution in [0.3, 0.4) is 0 Å². The second-order valence-electron chi connectivity index (χ2n) is 9.42. The molecule has 4 N–H and O–H groups in total. The number of nitrogens with two attached hydrogens (primary N) is 2. The van der Waals surface area contributed by atoms with Crippen LogP contribution in [0.5, 0.6) is 0 Å². The second kappa shape index (κ2) is 11.2. The molecule has 2 aromatic carbocycles. The Morgan fingerprint density at radius 3 is 2.31 bits per heavy atom. The number of primary amides is 1. The summed E-state index contributed by atoms with van der Waals surface area (Å²) in [6.07, 6.45) is 1.90. The maximum absolute atomic E-state index is 13.8. The Labute approximate surface area is 204 Å². The van der Waals surface area contributed by atoms with Gasteiger partial charge in [-0.05, 0) is 61.6 Å². The molecule has 3 atom stereocenters. The maximum atomic E-state index is 13.8. The van der Waals surface area contributed by atoms with E-state index in [1.54, 1.807) is 24.0 Å². The number of nitrogens with zero attached hydrogens (tertiary/aromatic N) is 2. The molecule has 0 bridgehead atoms. The molecule has 3 unspecified atom stereocenters. The molecule has 1 aliphatic rings. The quantitative estimate of drug-likeness (QED) is 0.566. The lowest BCUT2D eigenvalue weighted by atomic mass is 9.88. The third kappa shape index (κ3) is 6.21. The summed E-state index contributed by atoms with van der Waals surface area (Å²) in [5.41, 5.74) is 12.1. The first-order valence-corrected chi connectivity index (χ1v) is 11.8. The third-order valence-electron chi connectivity index (χ3n) is 6.83. The minimum absolute atomic E-state index is 0.108. The van der Waals surface area contributed by atoms with Crippen molar-refractivity contribution in [2.75, 3.05) is 19.6 Å². The average molecular weight is 491 g/mol. The number of carbonyl (C=O) groups is 2. The lowest BCUT2D eigenvalue weighted by Gasteiger charge is -2.48. The van der Waals surface area contributed by atoms with E-state index < -0.39 is 29.1 Å². The smallest absolute Gasteiger partial charge is 0.240 e. The average Bonchev–Trinajstić information content (AvgIpc) is 2.82. The van der Waals surface area contributed by atoms with Gasteiger partial charge in [-0.2, -0.15) is 0 Å². The Morgan fingerprint density at radius 1 is 1.06 bits per heavy atom. The number of hydrogen-bond donors (Lipinski definition) is 2. The van der Waals surface area contributed by atoms with Crippen molar-refractivity contribution in [2.24, 2.45) is 11.5 Å². The summed E-state index contributed by atoms with van der Waals surface area (Å²) in [4.78, 5) is 29.5. The molecule has 0 radical (unpaired) electrons. The molecule has 1 heterocycles. The van der Waals surface area contributed by atoms with Crippen molar-refractivity contribution in [3.05, 3.63) is 71.0 Å². The van der Waals surface area contributed by atoms with Crippen LogP contribution < -0.4 is 11.5 Å². The van der Waals surface area contributed by atoms with Gasteiger partial charge in [-0.3, -0.25) is 14.5 Å². The minimum Gasteiger partial charge on any atom is -0.368 e. The van der Waals surface area contributed by atoms with Crippen LogP contribution in [0.25, 0.3) is 0 Å². The van der Waals surface area contributed by atoms with Crippen LogP contribution in [0, 0.1) is 17.5 Å². The molecule has 1 aliphatic heterocycles. The summed E-state index contributed by atoms with van der Waals surface area (Å²) in [5, 5.41) is 0. The molecule has 9 heteroatoms. The van der Waals surface area contributed by atoms with E-state index >= 15 is 0 Å². The highest BCUT2D eigenvalue weighted by Crippen LogP contribution is 2.27. The van der Waals surface area contributed by atoms with Gasteiger partial charge >= 0.3 is 0 Å². The SMILES string of the molecule is CCCC1CN(C(C)(Cc2ccc(F)c(F)c2)C(N)=O)CCN1C(=O)C(N)Cc1ccc(F)cc1. The first-order chi connectivity index (χ1) is 16.5. The van der Waals surface area contributed by atoms with E-state index in [1.165, 1.54) is 18.2 Å². The van der Waals surface area contributed by atoms with Gasteiger partial charge in [0.05, 0.1) is 6.04 Å². The number of hydrogen-bond acceptors (Lipinski definition) is 4. The van der Waals surface area contributed by atoms with Crippen LogP contribution in [-0.2, 0) is 22.4 Å². The zero-order valence-electron chi connectivity index (χ0n) is 20.1. The van der Waals surface area contributed by atoms with Crippen molar-refractivity contribution in [2.45, 2.75) is 57.2 Å². The number of benzene rings is 2. The van der Waals surface area contributed by atoms with Gasteiger partial charge in [0.1, 0.15) is 11.4 Å². The molecule has 0 aromatic heterocycles. The number of rotatable bonds is 9. The minimum atomic E-state index is -1.15. The molecule has 0 aliphatic carbocycles. The lowest BCUT2D eigenvalue weighted by molar-refractivity contribution is -0.142. The first-order valence-electron chi connectivity index (χ1n) is 11.8. The van der Waals surface area contributed by atoms with E-state index in [9.17, 15) is 22.8 Å². The Balaban J connectivity index is 1.75. The first kappa shape index (κ1) is 26.7.